The number of hydrogen-bond acceptors (Lipinski definition) is 2. The van der Waals surface area contributed by atoms with E-state index in [1.807, 2.05) is 0 Å². The van der Waals surface area contributed by atoms with E-state index in [0.717, 1.165) is 6.54 Å². The van der Waals surface area contributed by atoms with Crippen LogP contribution in [0.25, 0.3) is 0 Å². The van der Waals surface area contributed by atoms with Gasteiger partial charge in [-0.3, -0.25) is 4.79 Å². The average Bonchev–Trinajstić information content (AvgIpc) is 2.93. The Hall–Kier alpha value is -2.04. The Kier molecular flexibility index (Phi) is 5.20. The van der Waals surface area contributed by atoms with E-state index in [4.69, 9.17) is 5.11 Å². The van der Waals surface area contributed by atoms with Gasteiger partial charge in [0.2, 0.25) is 0 Å². The number of carbonyl (C=O) groups excluding carboxylic acids is 1. The molecule has 2 rings (SSSR count). The van der Waals surface area contributed by atoms with Crippen molar-refractivity contribution in [3.8, 4) is 0 Å². The van der Waals surface area contributed by atoms with E-state index in [0.29, 0.717) is 17.2 Å². The zero-order valence-electron chi connectivity index (χ0n) is 12.3. The van der Waals surface area contributed by atoms with Gasteiger partial charge in [0.15, 0.2) is 0 Å². The van der Waals surface area contributed by atoms with Crippen LogP contribution in [0.4, 0.5) is 10.5 Å². The van der Waals surface area contributed by atoms with Gasteiger partial charge in [-0.15, -0.1) is 0 Å². The number of rotatable bonds is 5. The first kappa shape index (κ1) is 15.4. The lowest BCUT2D eigenvalue weighted by atomic mass is 10.1. The van der Waals surface area contributed by atoms with Crippen molar-refractivity contribution >= 4 is 17.7 Å². The molecule has 0 spiro atoms. The maximum absolute atomic E-state index is 12.2. The summed E-state index contributed by atoms with van der Waals surface area (Å²) < 4.78 is 0. The van der Waals surface area contributed by atoms with E-state index >= 15 is 0 Å². The highest BCUT2D eigenvalue weighted by atomic mass is 16.4. The van der Waals surface area contributed by atoms with Crippen molar-refractivity contribution in [2.75, 3.05) is 18.9 Å². The third-order valence-electron chi connectivity index (χ3n) is 3.95. The summed E-state index contributed by atoms with van der Waals surface area (Å²) in [7, 11) is 1.79. The van der Waals surface area contributed by atoms with Gasteiger partial charge in [-0.1, -0.05) is 31.0 Å². The maximum atomic E-state index is 12.2. The third kappa shape index (κ3) is 4.48. The second-order valence-corrected chi connectivity index (χ2v) is 5.69. The molecule has 1 aromatic carbocycles. The molecular weight excluding hydrogens is 268 g/mol. The van der Waals surface area contributed by atoms with Gasteiger partial charge >= 0.3 is 12.0 Å². The fourth-order valence-electron chi connectivity index (χ4n) is 2.83. The lowest BCUT2D eigenvalue weighted by Crippen LogP contribution is -2.35. The van der Waals surface area contributed by atoms with Crippen molar-refractivity contribution in [1.29, 1.82) is 0 Å². The lowest BCUT2D eigenvalue weighted by Gasteiger charge is -2.22. The molecule has 0 bridgehead atoms. The van der Waals surface area contributed by atoms with E-state index < -0.39 is 5.97 Å². The van der Waals surface area contributed by atoms with Gasteiger partial charge in [-0.05, 0) is 30.4 Å². The SMILES string of the molecule is CN(CC1CCCC1)C(=O)Nc1ccccc1CC(=O)O. The Morgan fingerprint density at radius 3 is 2.62 bits per heavy atom. The topological polar surface area (TPSA) is 69.6 Å². The first-order valence-corrected chi connectivity index (χ1v) is 7.38. The number of hydrogen-bond donors (Lipinski definition) is 2. The van der Waals surface area contributed by atoms with Crippen LogP contribution in [0.5, 0.6) is 0 Å². The highest BCUT2D eigenvalue weighted by molar-refractivity contribution is 5.90. The van der Waals surface area contributed by atoms with Crippen LogP contribution in [0.2, 0.25) is 0 Å². The number of aliphatic carboxylic acids is 1. The molecule has 0 saturated heterocycles. The molecule has 1 aliphatic rings. The normalized spacial score (nSPS) is 14.9. The molecule has 0 aliphatic heterocycles. The van der Waals surface area contributed by atoms with Crippen molar-refractivity contribution in [2.24, 2.45) is 5.92 Å². The van der Waals surface area contributed by atoms with Gasteiger partial charge in [0, 0.05) is 19.3 Å². The summed E-state index contributed by atoms with van der Waals surface area (Å²) in [5.41, 5.74) is 1.19. The first-order chi connectivity index (χ1) is 10.1. The van der Waals surface area contributed by atoms with Crippen LogP contribution in [0.3, 0.4) is 0 Å². The van der Waals surface area contributed by atoms with E-state index in [-0.39, 0.29) is 12.5 Å². The third-order valence-corrected chi connectivity index (χ3v) is 3.95. The number of carbonyl (C=O) groups is 2. The minimum Gasteiger partial charge on any atom is -0.481 e. The van der Waals surface area contributed by atoms with Crippen molar-refractivity contribution in [2.45, 2.75) is 32.1 Å². The molecule has 0 atom stereocenters. The maximum Gasteiger partial charge on any atom is 0.321 e. The Labute approximate surface area is 125 Å². The van der Waals surface area contributed by atoms with Crippen LogP contribution in [-0.2, 0) is 11.2 Å². The predicted octanol–water partition coefficient (Wildman–Crippen LogP) is 2.97. The van der Waals surface area contributed by atoms with E-state index in [2.05, 4.69) is 5.32 Å². The summed E-state index contributed by atoms with van der Waals surface area (Å²) in [6, 6.07) is 6.84. The summed E-state index contributed by atoms with van der Waals surface area (Å²) in [4.78, 5) is 24.7. The summed E-state index contributed by atoms with van der Waals surface area (Å²) in [6.45, 7) is 0.757. The number of nitrogens with zero attached hydrogens (tertiary/aromatic N) is 1. The smallest absolute Gasteiger partial charge is 0.321 e. The van der Waals surface area contributed by atoms with E-state index in [1.165, 1.54) is 25.7 Å². The van der Waals surface area contributed by atoms with E-state index in [1.54, 1.807) is 36.2 Å². The summed E-state index contributed by atoms with van der Waals surface area (Å²) in [6.07, 6.45) is 4.78. The molecule has 0 unspecified atom stereocenters. The Morgan fingerprint density at radius 2 is 1.95 bits per heavy atom. The number of benzene rings is 1. The van der Waals surface area contributed by atoms with Crippen molar-refractivity contribution in [3.63, 3.8) is 0 Å². The standard InChI is InChI=1S/C16H22N2O3/c1-18(11-12-6-2-3-7-12)16(21)17-14-9-5-4-8-13(14)10-15(19)20/h4-5,8-9,12H,2-3,6-7,10-11H2,1H3,(H,17,21)(H,19,20). The highest BCUT2D eigenvalue weighted by Gasteiger charge is 2.20. The zero-order chi connectivity index (χ0) is 15.2. The Morgan fingerprint density at radius 1 is 1.29 bits per heavy atom. The number of para-hydroxylation sites is 1. The minimum absolute atomic E-state index is 0.0945. The number of anilines is 1. The van der Waals surface area contributed by atoms with Gasteiger partial charge in [0.05, 0.1) is 6.42 Å². The zero-order valence-corrected chi connectivity index (χ0v) is 12.3. The molecule has 1 fully saturated rings. The number of amides is 2. The molecular formula is C16H22N2O3. The molecule has 2 amide bonds. The monoisotopic (exact) mass is 290 g/mol. The van der Waals surface area contributed by atoms with Gasteiger partial charge in [0.1, 0.15) is 0 Å². The van der Waals surface area contributed by atoms with Gasteiger partial charge in [0.25, 0.3) is 0 Å². The second-order valence-electron chi connectivity index (χ2n) is 5.69. The Balaban J connectivity index is 1.96. The molecule has 1 aliphatic carbocycles. The highest BCUT2D eigenvalue weighted by Crippen LogP contribution is 2.25. The molecule has 114 valence electrons. The van der Waals surface area contributed by atoms with Crippen LogP contribution in [0, 0.1) is 5.92 Å². The minimum atomic E-state index is -0.906. The lowest BCUT2D eigenvalue weighted by molar-refractivity contribution is -0.136. The number of carboxylic acids is 1. The molecule has 5 heteroatoms. The van der Waals surface area contributed by atoms with Gasteiger partial charge < -0.3 is 15.3 Å². The average molecular weight is 290 g/mol. The molecule has 1 saturated carbocycles. The summed E-state index contributed by atoms with van der Waals surface area (Å²) in [5.74, 6) is -0.314. The van der Waals surface area contributed by atoms with E-state index in [9.17, 15) is 9.59 Å². The molecule has 21 heavy (non-hydrogen) atoms. The van der Waals surface area contributed by atoms with Gasteiger partial charge in [-0.2, -0.15) is 0 Å². The molecule has 0 radical (unpaired) electrons. The molecule has 2 N–H and O–H groups in total. The van der Waals surface area contributed by atoms with Gasteiger partial charge in [-0.25, -0.2) is 4.79 Å². The molecule has 1 aromatic rings. The summed E-state index contributed by atoms with van der Waals surface area (Å²) >= 11 is 0. The fraction of sp³-hybridized carbons (Fsp3) is 0.500. The Bertz CT molecular complexity index is 510. The van der Waals surface area contributed by atoms with Crippen molar-refractivity contribution in [1.82, 2.24) is 4.90 Å². The molecule has 0 heterocycles. The summed E-state index contributed by atoms with van der Waals surface area (Å²) in [5, 5.41) is 11.7. The van der Waals surface area contributed by atoms with Crippen LogP contribution in [0.15, 0.2) is 24.3 Å². The van der Waals surface area contributed by atoms with Crippen LogP contribution in [0.1, 0.15) is 31.2 Å². The number of carboxylic acid groups (broad SMARTS) is 1. The molecule has 5 nitrogen and oxygen atoms in total. The van der Waals surface area contributed by atoms with Crippen molar-refractivity contribution in [3.05, 3.63) is 29.8 Å². The quantitative estimate of drug-likeness (QED) is 0.876. The fourth-order valence-corrected chi connectivity index (χ4v) is 2.83. The van der Waals surface area contributed by atoms with Crippen LogP contribution >= 0.6 is 0 Å². The first-order valence-electron chi connectivity index (χ1n) is 7.38. The number of urea groups is 1. The second kappa shape index (κ2) is 7.11. The van der Waals surface area contributed by atoms with Crippen LogP contribution < -0.4 is 5.32 Å². The molecule has 0 aromatic heterocycles. The van der Waals surface area contributed by atoms with Crippen LogP contribution in [-0.4, -0.2) is 35.6 Å². The number of nitrogens with one attached hydrogen (secondary N) is 1. The largest absolute Gasteiger partial charge is 0.481 e. The van der Waals surface area contributed by atoms with Crippen molar-refractivity contribution < 1.29 is 14.7 Å². The predicted molar refractivity (Wildman–Crippen MR) is 81.4 cm³/mol.